The number of aromatic nitrogens is 1. The van der Waals surface area contributed by atoms with Crippen molar-refractivity contribution in [2.24, 2.45) is 5.84 Å². The number of hydrogen-bond acceptors (Lipinski definition) is 6. The highest BCUT2D eigenvalue weighted by Crippen LogP contribution is 2.16. The maximum Gasteiger partial charge on any atom is 0.328 e. The molecule has 0 spiro atoms. The number of fused-ring (bicyclic) bond motifs is 1. The smallest absolute Gasteiger partial charge is 0.328 e. The summed E-state index contributed by atoms with van der Waals surface area (Å²) in [6.45, 7) is 0.269. The molecule has 7 heteroatoms. The Bertz CT molecular complexity index is 590. The number of rotatable bonds is 4. The number of thiophene rings is 1. The van der Waals surface area contributed by atoms with Crippen LogP contribution in [0.5, 0.6) is 0 Å². The number of pyridine rings is 1. The maximum atomic E-state index is 11.9. The van der Waals surface area contributed by atoms with Crippen LogP contribution < -0.4 is 17.0 Å². The van der Waals surface area contributed by atoms with Gasteiger partial charge in [0.2, 0.25) is 0 Å². The lowest BCUT2D eigenvalue weighted by Crippen LogP contribution is -2.28. The summed E-state index contributed by atoms with van der Waals surface area (Å²) < 4.78 is 2.42. The monoisotopic (exact) mass is 253 g/mol. The van der Waals surface area contributed by atoms with Crippen LogP contribution in [0, 0.1) is 0 Å². The molecular formula is C10H11N3O3S. The summed E-state index contributed by atoms with van der Waals surface area (Å²) >= 11 is 1.51. The van der Waals surface area contributed by atoms with Gasteiger partial charge in [0, 0.05) is 17.4 Å². The molecule has 0 aliphatic rings. The molecule has 0 amide bonds. The number of carbonyl (C=O) groups is 1. The average Bonchev–Trinajstić information content (AvgIpc) is 2.77. The maximum absolute atomic E-state index is 11.9. The molecule has 0 saturated carbocycles. The van der Waals surface area contributed by atoms with Crippen molar-refractivity contribution in [1.82, 2.24) is 10.2 Å². The van der Waals surface area contributed by atoms with Crippen molar-refractivity contribution in [2.75, 3.05) is 0 Å². The Morgan fingerprint density at radius 2 is 2.35 bits per heavy atom. The van der Waals surface area contributed by atoms with Crippen molar-refractivity contribution in [3.05, 3.63) is 34.1 Å². The van der Waals surface area contributed by atoms with Gasteiger partial charge in [0.25, 0.3) is 5.56 Å². The Kier molecular flexibility index (Phi) is 3.52. The summed E-state index contributed by atoms with van der Waals surface area (Å²) in [5.74, 6) is 4.32. The van der Waals surface area contributed by atoms with E-state index in [9.17, 15) is 9.59 Å². The van der Waals surface area contributed by atoms with Crippen molar-refractivity contribution in [2.45, 2.75) is 13.0 Å². The van der Waals surface area contributed by atoms with Crippen molar-refractivity contribution >= 4 is 27.4 Å². The van der Waals surface area contributed by atoms with E-state index in [0.717, 1.165) is 4.70 Å². The first-order valence-corrected chi connectivity index (χ1v) is 5.82. The minimum Gasteiger partial charge on any atom is -0.356 e. The zero-order chi connectivity index (χ0) is 12.3. The van der Waals surface area contributed by atoms with Gasteiger partial charge < -0.3 is 9.40 Å². The quantitative estimate of drug-likeness (QED) is 0.607. The van der Waals surface area contributed by atoms with Crippen LogP contribution in [0.25, 0.3) is 10.1 Å². The van der Waals surface area contributed by atoms with Crippen LogP contribution in [0.2, 0.25) is 0 Å². The molecule has 0 atom stereocenters. The lowest BCUT2D eigenvalue weighted by atomic mass is 10.3. The van der Waals surface area contributed by atoms with Crippen LogP contribution in [-0.4, -0.2) is 10.5 Å². The van der Waals surface area contributed by atoms with E-state index in [2.05, 4.69) is 4.84 Å². The summed E-state index contributed by atoms with van der Waals surface area (Å²) in [5, 5.41) is 2.53. The fourth-order valence-corrected chi connectivity index (χ4v) is 2.28. The summed E-state index contributed by atoms with van der Waals surface area (Å²) in [6.07, 6.45) is 1.75. The van der Waals surface area contributed by atoms with Gasteiger partial charge >= 0.3 is 5.97 Å². The first-order chi connectivity index (χ1) is 8.22. The third-order valence-corrected chi connectivity index (χ3v) is 3.20. The molecule has 3 N–H and O–H groups in total. The lowest BCUT2D eigenvalue weighted by Gasteiger charge is -2.05. The molecule has 0 fully saturated rings. The molecule has 0 aliphatic carbocycles. The number of aryl methyl sites for hydroxylation is 1. The van der Waals surface area contributed by atoms with E-state index in [1.165, 1.54) is 15.9 Å². The molecule has 0 radical (unpaired) electrons. The molecule has 90 valence electrons. The van der Waals surface area contributed by atoms with E-state index in [0.29, 0.717) is 5.39 Å². The largest absolute Gasteiger partial charge is 0.356 e. The second-order valence-electron chi connectivity index (χ2n) is 3.35. The molecule has 6 nitrogen and oxygen atoms in total. The van der Waals surface area contributed by atoms with Gasteiger partial charge in [0.1, 0.15) is 0 Å². The minimum absolute atomic E-state index is 0.0831. The summed E-state index contributed by atoms with van der Waals surface area (Å²) in [5.41, 5.74) is 1.71. The molecule has 2 heterocycles. The third-order valence-electron chi connectivity index (χ3n) is 2.32. The molecule has 2 rings (SSSR count). The highest BCUT2D eigenvalue weighted by atomic mass is 32.1. The van der Waals surface area contributed by atoms with Gasteiger partial charge in [0.15, 0.2) is 0 Å². The van der Waals surface area contributed by atoms with Gasteiger partial charge in [-0.05, 0) is 17.5 Å². The van der Waals surface area contributed by atoms with Gasteiger partial charge in [-0.15, -0.1) is 11.3 Å². The van der Waals surface area contributed by atoms with Crippen molar-refractivity contribution in [3.63, 3.8) is 0 Å². The van der Waals surface area contributed by atoms with E-state index in [1.54, 1.807) is 12.3 Å². The van der Waals surface area contributed by atoms with Crippen LogP contribution in [-0.2, 0) is 16.2 Å². The van der Waals surface area contributed by atoms with Crippen LogP contribution in [0.4, 0.5) is 0 Å². The zero-order valence-corrected chi connectivity index (χ0v) is 9.70. The Hall–Kier alpha value is -1.70. The number of nitrogens with zero attached hydrogens (tertiary/aromatic N) is 1. The van der Waals surface area contributed by atoms with Gasteiger partial charge in [0.05, 0.1) is 11.8 Å². The first-order valence-electron chi connectivity index (χ1n) is 4.94. The first kappa shape index (κ1) is 11.8. The van der Waals surface area contributed by atoms with Crippen LogP contribution in [0.1, 0.15) is 6.42 Å². The van der Waals surface area contributed by atoms with Crippen molar-refractivity contribution < 1.29 is 9.63 Å². The van der Waals surface area contributed by atoms with Crippen molar-refractivity contribution in [1.29, 1.82) is 0 Å². The van der Waals surface area contributed by atoms with E-state index >= 15 is 0 Å². The summed E-state index contributed by atoms with van der Waals surface area (Å²) in [4.78, 5) is 27.4. The highest BCUT2D eigenvalue weighted by Gasteiger charge is 2.06. The van der Waals surface area contributed by atoms with E-state index in [4.69, 9.17) is 5.84 Å². The van der Waals surface area contributed by atoms with E-state index < -0.39 is 5.97 Å². The van der Waals surface area contributed by atoms with Gasteiger partial charge in [-0.1, -0.05) is 5.59 Å². The third kappa shape index (κ3) is 2.52. The predicted octanol–water partition coefficient (Wildman–Crippen LogP) is 0.375. The predicted molar refractivity (Wildman–Crippen MR) is 64.1 cm³/mol. The fraction of sp³-hybridized carbons (Fsp3) is 0.200. The number of nitrogens with one attached hydrogen (secondary N) is 1. The molecule has 0 aromatic carbocycles. The Labute approximate surface area is 101 Å². The molecule has 0 aliphatic heterocycles. The molecule has 2 aromatic rings. The fourth-order valence-electron chi connectivity index (χ4n) is 1.51. The number of hydrogen-bond donors (Lipinski definition) is 2. The van der Waals surface area contributed by atoms with Crippen LogP contribution >= 0.6 is 11.3 Å². The zero-order valence-electron chi connectivity index (χ0n) is 8.88. The minimum atomic E-state index is -0.509. The van der Waals surface area contributed by atoms with E-state index in [-0.39, 0.29) is 18.5 Å². The van der Waals surface area contributed by atoms with Gasteiger partial charge in [-0.3, -0.25) is 9.59 Å². The summed E-state index contributed by atoms with van der Waals surface area (Å²) in [7, 11) is 0. The second-order valence-corrected chi connectivity index (χ2v) is 4.30. The molecule has 17 heavy (non-hydrogen) atoms. The van der Waals surface area contributed by atoms with Gasteiger partial charge in [-0.25, -0.2) is 5.84 Å². The Balaban J connectivity index is 2.16. The standard InChI is InChI=1S/C10H11N3O3S/c11-12-16-9(14)2-5-13-4-1-8-7(10(13)15)3-6-17-8/h1,3-4,6,12H,2,5,11H2. The molecule has 0 unspecified atom stereocenters. The Morgan fingerprint density at radius 3 is 3.12 bits per heavy atom. The van der Waals surface area contributed by atoms with Crippen LogP contribution in [0.3, 0.4) is 0 Å². The molecule has 2 aromatic heterocycles. The molecular weight excluding hydrogens is 242 g/mol. The highest BCUT2D eigenvalue weighted by molar-refractivity contribution is 7.17. The van der Waals surface area contributed by atoms with E-state index in [1.807, 2.05) is 17.0 Å². The second kappa shape index (κ2) is 5.09. The lowest BCUT2D eigenvalue weighted by molar-refractivity contribution is -0.151. The Morgan fingerprint density at radius 1 is 1.53 bits per heavy atom. The number of hydrazine groups is 1. The normalized spacial score (nSPS) is 10.6. The van der Waals surface area contributed by atoms with Crippen LogP contribution in [0.15, 0.2) is 28.5 Å². The SMILES string of the molecule is NNOC(=O)CCn1ccc2sccc2c1=O. The topological polar surface area (TPSA) is 86.3 Å². The number of carbonyl (C=O) groups excluding carboxylic acids is 1. The number of nitrogens with two attached hydrogens (primary N) is 1. The van der Waals surface area contributed by atoms with Crippen molar-refractivity contribution in [3.8, 4) is 0 Å². The molecule has 0 saturated heterocycles. The summed E-state index contributed by atoms with van der Waals surface area (Å²) in [6, 6.07) is 3.63. The average molecular weight is 253 g/mol. The van der Waals surface area contributed by atoms with Gasteiger partial charge in [-0.2, -0.15) is 0 Å². The molecule has 0 bridgehead atoms.